The zero-order valence-corrected chi connectivity index (χ0v) is 9.46. The molecule has 0 saturated carbocycles. The van der Waals surface area contributed by atoms with Crippen molar-refractivity contribution >= 4 is 23.4 Å². The van der Waals surface area contributed by atoms with Crippen LogP contribution in [0, 0.1) is 6.92 Å². The lowest BCUT2D eigenvalue weighted by molar-refractivity contribution is 0.925. The third kappa shape index (κ3) is 2.87. The van der Waals surface area contributed by atoms with Crippen LogP contribution in [0.3, 0.4) is 0 Å². The molecule has 76 valence electrons. The largest absolute Gasteiger partial charge is 0.231 e. The van der Waals surface area contributed by atoms with Crippen molar-refractivity contribution in [3.8, 4) is 0 Å². The molecule has 6 heteroatoms. The first kappa shape index (κ1) is 10.3. The van der Waals surface area contributed by atoms with Crippen molar-refractivity contribution in [2.45, 2.75) is 17.1 Å². The van der Waals surface area contributed by atoms with Crippen molar-refractivity contribution in [3.05, 3.63) is 35.5 Å². The Labute approximate surface area is 96.2 Å². The topological polar surface area (TPSA) is 51.6 Å². The quantitative estimate of drug-likeness (QED) is 0.594. The van der Waals surface area contributed by atoms with Gasteiger partial charge in [0.15, 0.2) is 5.16 Å². The molecule has 0 atom stereocenters. The minimum atomic E-state index is 0.417. The summed E-state index contributed by atoms with van der Waals surface area (Å²) in [6.07, 6.45) is 3.13. The fourth-order valence-electron chi connectivity index (χ4n) is 0.942. The molecule has 0 aliphatic rings. The molecule has 2 rings (SSSR count). The molecule has 0 unspecified atom stereocenters. The van der Waals surface area contributed by atoms with Gasteiger partial charge in [0.2, 0.25) is 0 Å². The maximum absolute atomic E-state index is 5.74. The van der Waals surface area contributed by atoms with Crippen LogP contribution < -0.4 is 0 Å². The number of rotatable bonds is 2. The summed E-state index contributed by atoms with van der Waals surface area (Å²) in [5.41, 5.74) is 0.924. The molecular formula is C9H7ClN4S. The summed E-state index contributed by atoms with van der Waals surface area (Å²) >= 11 is 7.10. The first-order chi connectivity index (χ1) is 7.24. The van der Waals surface area contributed by atoms with Crippen LogP contribution in [0.2, 0.25) is 5.15 Å². The predicted octanol–water partition coefficient (Wildman–Crippen LogP) is 2.38. The van der Waals surface area contributed by atoms with E-state index in [0.717, 1.165) is 10.7 Å². The number of halogens is 1. The van der Waals surface area contributed by atoms with Crippen molar-refractivity contribution in [1.29, 1.82) is 0 Å². The van der Waals surface area contributed by atoms with Gasteiger partial charge in [0.05, 0.1) is 0 Å². The molecule has 2 heterocycles. The van der Waals surface area contributed by atoms with E-state index in [1.807, 2.05) is 13.0 Å². The van der Waals surface area contributed by atoms with Crippen LogP contribution in [-0.2, 0) is 0 Å². The third-order valence-corrected chi connectivity index (χ3v) is 2.60. The monoisotopic (exact) mass is 238 g/mol. The van der Waals surface area contributed by atoms with E-state index in [4.69, 9.17) is 11.6 Å². The summed E-state index contributed by atoms with van der Waals surface area (Å²) in [7, 11) is 0. The van der Waals surface area contributed by atoms with Gasteiger partial charge < -0.3 is 0 Å². The molecule has 4 nitrogen and oxygen atoms in total. The van der Waals surface area contributed by atoms with Crippen molar-refractivity contribution in [2.75, 3.05) is 0 Å². The summed E-state index contributed by atoms with van der Waals surface area (Å²) in [6.45, 7) is 1.92. The Balaban J connectivity index is 2.22. The zero-order valence-electron chi connectivity index (χ0n) is 7.88. The highest BCUT2D eigenvalue weighted by molar-refractivity contribution is 7.99. The lowest BCUT2D eigenvalue weighted by Gasteiger charge is -1.99. The Morgan fingerprint density at radius 1 is 1.27 bits per heavy atom. The number of nitrogens with zero attached hydrogens (tertiary/aromatic N) is 4. The Morgan fingerprint density at radius 2 is 2.13 bits per heavy atom. The van der Waals surface area contributed by atoms with Gasteiger partial charge in [-0.1, -0.05) is 11.6 Å². The van der Waals surface area contributed by atoms with Gasteiger partial charge in [-0.05, 0) is 24.8 Å². The first-order valence-corrected chi connectivity index (χ1v) is 5.38. The van der Waals surface area contributed by atoms with Crippen LogP contribution in [0.25, 0.3) is 0 Å². The molecule has 0 amide bonds. The number of aryl methyl sites for hydroxylation is 1. The molecular weight excluding hydrogens is 232 g/mol. The second-order valence-electron chi connectivity index (χ2n) is 2.76. The maximum atomic E-state index is 5.74. The molecule has 0 aromatic carbocycles. The lowest BCUT2D eigenvalue weighted by Crippen LogP contribution is -1.89. The van der Waals surface area contributed by atoms with Gasteiger partial charge in [0.1, 0.15) is 16.5 Å². The SMILES string of the molecule is Cc1ccnc(Sc2cc(Cl)ncn2)n1. The van der Waals surface area contributed by atoms with E-state index in [1.165, 1.54) is 18.1 Å². The summed E-state index contributed by atoms with van der Waals surface area (Å²) in [6, 6.07) is 3.52. The Morgan fingerprint density at radius 3 is 2.87 bits per heavy atom. The van der Waals surface area contributed by atoms with E-state index < -0.39 is 0 Å². The van der Waals surface area contributed by atoms with Crippen LogP contribution in [-0.4, -0.2) is 19.9 Å². The molecule has 2 aromatic rings. The Kier molecular flexibility index (Phi) is 3.13. The predicted molar refractivity (Wildman–Crippen MR) is 57.9 cm³/mol. The van der Waals surface area contributed by atoms with Crippen LogP contribution in [0.1, 0.15) is 5.69 Å². The van der Waals surface area contributed by atoms with E-state index in [9.17, 15) is 0 Å². The minimum Gasteiger partial charge on any atom is -0.231 e. The van der Waals surface area contributed by atoms with E-state index >= 15 is 0 Å². The molecule has 0 fully saturated rings. The number of hydrogen-bond acceptors (Lipinski definition) is 5. The van der Waals surface area contributed by atoms with Gasteiger partial charge in [-0.3, -0.25) is 0 Å². The third-order valence-electron chi connectivity index (χ3n) is 1.58. The van der Waals surface area contributed by atoms with Gasteiger partial charge in [-0.25, -0.2) is 19.9 Å². The molecule has 0 aliphatic heterocycles. The van der Waals surface area contributed by atoms with Crippen molar-refractivity contribution in [1.82, 2.24) is 19.9 Å². The fraction of sp³-hybridized carbons (Fsp3) is 0.111. The van der Waals surface area contributed by atoms with Crippen LogP contribution in [0.4, 0.5) is 0 Å². The van der Waals surface area contributed by atoms with Gasteiger partial charge >= 0.3 is 0 Å². The van der Waals surface area contributed by atoms with Crippen LogP contribution >= 0.6 is 23.4 Å². The maximum Gasteiger partial charge on any atom is 0.194 e. The molecule has 0 radical (unpaired) electrons. The summed E-state index contributed by atoms with van der Waals surface area (Å²) < 4.78 is 0. The summed E-state index contributed by atoms with van der Waals surface area (Å²) in [5, 5.41) is 1.81. The number of hydrogen-bond donors (Lipinski definition) is 0. The molecule has 0 saturated heterocycles. The highest BCUT2D eigenvalue weighted by Crippen LogP contribution is 2.23. The first-order valence-electron chi connectivity index (χ1n) is 4.19. The molecule has 0 aliphatic carbocycles. The highest BCUT2D eigenvalue weighted by atomic mass is 35.5. The van der Waals surface area contributed by atoms with E-state index in [-0.39, 0.29) is 0 Å². The van der Waals surface area contributed by atoms with Gasteiger partial charge in [0.25, 0.3) is 0 Å². The average molecular weight is 239 g/mol. The Bertz CT molecular complexity index is 434. The molecule has 0 bridgehead atoms. The standard InChI is InChI=1S/C9H7ClN4S/c1-6-2-3-11-9(14-6)15-8-4-7(10)12-5-13-8/h2-5H,1H3. The molecule has 15 heavy (non-hydrogen) atoms. The Hall–Kier alpha value is -1.20. The lowest BCUT2D eigenvalue weighted by atomic mass is 10.5. The zero-order chi connectivity index (χ0) is 10.7. The van der Waals surface area contributed by atoms with Crippen LogP contribution in [0.15, 0.2) is 34.8 Å². The van der Waals surface area contributed by atoms with E-state index in [0.29, 0.717) is 10.3 Å². The fourth-order valence-corrected chi connectivity index (χ4v) is 1.91. The van der Waals surface area contributed by atoms with Crippen molar-refractivity contribution in [2.24, 2.45) is 0 Å². The molecule has 2 aromatic heterocycles. The molecule has 0 spiro atoms. The second kappa shape index (κ2) is 4.55. The van der Waals surface area contributed by atoms with Gasteiger partial charge in [-0.15, -0.1) is 0 Å². The average Bonchev–Trinajstić information content (AvgIpc) is 2.17. The van der Waals surface area contributed by atoms with E-state index in [2.05, 4.69) is 19.9 Å². The van der Waals surface area contributed by atoms with Gasteiger partial charge in [-0.2, -0.15) is 0 Å². The van der Waals surface area contributed by atoms with Gasteiger partial charge in [0, 0.05) is 18.0 Å². The van der Waals surface area contributed by atoms with Crippen molar-refractivity contribution in [3.63, 3.8) is 0 Å². The highest BCUT2D eigenvalue weighted by Gasteiger charge is 2.02. The minimum absolute atomic E-state index is 0.417. The molecule has 0 N–H and O–H groups in total. The smallest absolute Gasteiger partial charge is 0.194 e. The van der Waals surface area contributed by atoms with Crippen LogP contribution in [0.5, 0.6) is 0 Å². The van der Waals surface area contributed by atoms with E-state index in [1.54, 1.807) is 12.3 Å². The van der Waals surface area contributed by atoms with Crippen molar-refractivity contribution < 1.29 is 0 Å². The summed E-state index contributed by atoms with van der Waals surface area (Å²) in [5.74, 6) is 0. The summed E-state index contributed by atoms with van der Waals surface area (Å²) in [4.78, 5) is 16.2. The normalized spacial score (nSPS) is 10.3. The second-order valence-corrected chi connectivity index (χ2v) is 4.14. The number of aromatic nitrogens is 4.